The minimum absolute atomic E-state index is 0.00514. The number of ether oxygens (including phenoxy) is 2. The van der Waals surface area contributed by atoms with Gasteiger partial charge in [-0.2, -0.15) is 0 Å². The molecule has 0 saturated heterocycles. The van der Waals surface area contributed by atoms with Gasteiger partial charge in [-0.3, -0.25) is 9.59 Å². The number of esters is 1. The van der Waals surface area contributed by atoms with E-state index in [1.165, 1.54) is 302 Å². The first-order valence-corrected chi connectivity index (χ1v) is 35.1. The molecule has 0 fully saturated rings. The Morgan fingerprint density at radius 1 is 0.385 bits per heavy atom. The number of carbonyl (C=O) groups is 2. The largest absolute Gasteiger partial charge is 0.466 e. The van der Waals surface area contributed by atoms with Crippen LogP contribution < -0.4 is 0 Å². The van der Waals surface area contributed by atoms with Gasteiger partial charge < -0.3 is 24.6 Å². The molecule has 0 heterocycles. The minimum atomic E-state index is -0.706. The molecule has 7 nitrogen and oxygen atoms in total. The Bertz CT molecular complexity index is 1220. The number of amides is 1. The van der Waals surface area contributed by atoms with E-state index < -0.39 is 6.10 Å². The van der Waals surface area contributed by atoms with E-state index in [9.17, 15) is 19.8 Å². The maximum atomic E-state index is 12.9. The highest BCUT2D eigenvalue weighted by Crippen LogP contribution is 2.19. The molecule has 0 aromatic heterocycles. The van der Waals surface area contributed by atoms with Crippen LogP contribution in [0.1, 0.15) is 373 Å². The number of hydrogen-bond acceptors (Lipinski definition) is 6. The summed E-state index contributed by atoms with van der Waals surface area (Å²) in [5, 5.41) is 20.1. The molecule has 0 radical (unpaired) electrons. The van der Waals surface area contributed by atoms with E-state index >= 15 is 0 Å². The average molecular weight is 1100 g/mol. The molecule has 1 unspecified atom stereocenters. The van der Waals surface area contributed by atoms with Crippen molar-refractivity contribution < 1.29 is 29.3 Å². The zero-order valence-electron chi connectivity index (χ0n) is 52.7. The molecule has 78 heavy (non-hydrogen) atoms. The maximum absolute atomic E-state index is 12.9. The second-order valence-corrected chi connectivity index (χ2v) is 24.1. The van der Waals surface area contributed by atoms with Crippen LogP contribution in [0.15, 0.2) is 24.3 Å². The summed E-state index contributed by atoms with van der Waals surface area (Å²) in [6.45, 7) is 6.50. The number of aliphatic hydroxyl groups excluding tert-OH is 2. The predicted molar refractivity (Wildman–Crippen MR) is 340 cm³/mol. The lowest BCUT2D eigenvalue weighted by Crippen LogP contribution is -2.40. The lowest BCUT2D eigenvalue weighted by Gasteiger charge is -2.24. The van der Waals surface area contributed by atoms with Crippen LogP contribution in [0.25, 0.3) is 0 Å². The fourth-order valence-electron chi connectivity index (χ4n) is 11.0. The van der Waals surface area contributed by atoms with Crippen LogP contribution in [-0.4, -0.2) is 72.6 Å². The van der Waals surface area contributed by atoms with Crippen molar-refractivity contribution in [3.63, 3.8) is 0 Å². The van der Waals surface area contributed by atoms with Gasteiger partial charge in [0.05, 0.1) is 25.9 Å². The minimum Gasteiger partial charge on any atom is -0.466 e. The summed E-state index contributed by atoms with van der Waals surface area (Å²) in [5.74, 6) is 0.0463. The SMILES string of the molecule is CCCCCC=CCC=CCCCCCCCC(=O)OCCCCCCCCCCCCCCCCCCCCCCCCCCCCCCCC(=O)N(CCO)CC(O)COCCCCCCCCCCCCCCCC. The van der Waals surface area contributed by atoms with Crippen molar-refractivity contribution in [2.75, 3.05) is 39.5 Å². The van der Waals surface area contributed by atoms with Crippen LogP contribution in [0.3, 0.4) is 0 Å². The van der Waals surface area contributed by atoms with E-state index in [1.807, 2.05) is 0 Å². The van der Waals surface area contributed by atoms with E-state index in [0.29, 0.717) is 26.1 Å². The number of hydrogen-bond donors (Lipinski definition) is 2. The average Bonchev–Trinajstić information content (AvgIpc) is 3.44. The molecule has 0 aliphatic rings. The maximum Gasteiger partial charge on any atom is 0.305 e. The molecule has 462 valence electrons. The molecule has 0 aliphatic heterocycles. The molecule has 0 spiro atoms. The zero-order valence-corrected chi connectivity index (χ0v) is 52.7. The van der Waals surface area contributed by atoms with Crippen LogP contribution in [-0.2, 0) is 19.1 Å². The molecule has 0 saturated carbocycles. The summed E-state index contributed by atoms with van der Waals surface area (Å²) < 4.78 is 11.2. The Hall–Kier alpha value is -1.70. The Kier molecular flexibility index (Phi) is 66.3. The third kappa shape index (κ3) is 63.5. The van der Waals surface area contributed by atoms with E-state index in [2.05, 4.69) is 38.2 Å². The smallest absolute Gasteiger partial charge is 0.305 e. The summed E-state index contributed by atoms with van der Waals surface area (Å²) in [6.07, 6.45) is 80.3. The van der Waals surface area contributed by atoms with Crippen molar-refractivity contribution in [3.05, 3.63) is 24.3 Å². The number of carbonyl (C=O) groups excluding carboxylic acids is 2. The van der Waals surface area contributed by atoms with Crippen LogP contribution in [0.4, 0.5) is 0 Å². The Morgan fingerprint density at radius 2 is 0.692 bits per heavy atom. The molecule has 0 aromatic carbocycles. The monoisotopic (exact) mass is 1100 g/mol. The van der Waals surface area contributed by atoms with Crippen LogP contribution in [0.5, 0.6) is 0 Å². The number of nitrogens with zero attached hydrogens (tertiary/aromatic N) is 1. The highest BCUT2D eigenvalue weighted by molar-refractivity contribution is 5.76. The summed E-state index contributed by atoms with van der Waals surface area (Å²) in [4.78, 5) is 26.6. The van der Waals surface area contributed by atoms with Crippen molar-refractivity contribution in [3.8, 4) is 0 Å². The van der Waals surface area contributed by atoms with E-state index in [1.54, 1.807) is 4.90 Å². The fourth-order valence-corrected chi connectivity index (χ4v) is 11.0. The van der Waals surface area contributed by atoms with Crippen molar-refractivity contribution >= 4 is 11.9 Å². The topological polar surface area (TPSA) is 96.3 Å². The molecule has 2 N–H and O–H groups in total. The van der Waals surface area contributed by atoms with Gasteiger partial charge in [-0.15, -0.1) is 0 Å². The fraction of sp³-hybridized carbons (Fsp3) is 0.915. The second kappa shape index (κ2) is 67.8. The van der Waals surface area contributed by atoms with Gasteiger partial charge in [0.15, 0.2) is 0 Å². The van der Waals surface area contributed by atoms with E-state index in [-0.39, 0.29) is 38.2 Å². The number of aliphatic hydroxyl groups is 2. The standard InChI is InChI=1S/C71H137NO6/c1-3-5-7-9-11-13-15-17-34-38-42-46-50-54-58-62-71(76)78-66-60-56-52-48-44-40-36-33-31-29-27-25-23-21-19-20-22-24-26-28-30-32-35-37-41-45-49-53-57-61-70(75)72(63-64-73)67-69(74)68-77-65-59-55-51-47-43-39-18-16-14-12-10-8-6-4-2/h11,13,17,34,69,73-74H,3-10,12,14-16,18-33,35-68H2,1-2H3. The van der Waals surface area contributed by atoms with Crippen molar-refractivity contribution in [1.29, 1.82) is 0 Å². The number of rotatable bonds is 67. The van der Waals surface area contributed by atoms with Gasteiger partial charge in [-0.1, -0.05) is 327 Å². The normalized spacial score (nSPS) is 12.2. The first-order valence-electron chi connectivity index (χ1n) is 35.1. The van der Waals surface area contributed by atoms with Gasteiger partial charge in [0.1, 0.15) is 0 Å². The number of allylic oxidation sites excluding steroid dienone is 4. The molecule has 0 bridgehead atoms. The summed E-state index contributed by atoms with van der Waals surface area (Å²) in [5.41, 5.74) is 0. The molecule has 1 atom stereocenters. The van der Waals surface area contributed by atoms with Gasteiger partial charge in [0.25, 0.3) is 0 Å². The van der Waals surface area contributed by atoms with Gasteiger partial charge in [0.2, 0.25) is 5.91 Å². The summed E-state index contributed by atoms with van der Waals surface area (Å²) >= 11 is 0. The third-order valence-corrected chi connectivity index (χ3v) is 16.2. The van der Waals surface area contributed by atoms with Crippen molar-refractivity contribution in [2.24, 2.45) is 0 Å². The lowest BCUT2D eigenvalue weighted by molar-refractivity contribution is -0.144. The molecule has 7 heteroatoms. The van der Waals surface area contributed by atoms with Crippen LogP contribution >= 0.6 is 0 Å². The van der Waals surface area contributed by atoms with Gasteiger partial charge >= 0.3 is 5.97 Å². The van der Waals surface area contributed by atoms with E-state index in [0.717, 1.165) is 44.9 Å². The molecule has 0 aliphatic carbocycles. The second-order valence-electron chi connectivity index (χ2n) is 24.1. The first kappa shape index (κ1) is 76.3. The molecule has 0 rings (SSSR count). The van der Waals surface area contributed by atoms with Crippen molar-refractivity contribution in [1.82, 2.24) is 4.90 Å². The molecule has 0 aromatic rings. The Morgan fingerprint density at radius 3 is 1.08 bits per heavy atom. The van der Waals surface area contributed by atoms with Crippen molar-refractivity contribution in [2.45, 2.75) is 380 Å². The van der Waals surface area contributed by atoms with E-state index in [4.69, 9.17) is 9.47 Å². The van der Waals surface area contributed by atoms with Crippen LogP contribution in [0.2, 0.25) is 0 Å². The third-order valence-electron chi connectivity index (χ3n) is 16.2. The quantitative estimate of drug-likeness (QED) is 0.0358. The van der Waals surface area contributed by atoms with Gasteiger partial charge in [0, 0.05) is 32.5 Å². The summed E-state index contributed by atoms with van der Waals surface area (Å²) in [7, 11) is 0. The lowest BCUT2D eigenvalue weighted by atomic mass is 10.0. The first-order chi connectivity index (χ1) is 38.5. The predicted octanol–water partition coefficient (Wildman–Crippen LogP) is 21.7. The van der Waals surface area contributed by atoms with Gasteiger partial charge in [-0.25, -0.2) is 0 Å². The zero-order chi connectivity index (χ0) is 56.4. The summed E-state index contributed by atoms with van der Waals surface area (Å²) in [6, 6.07) is 0. The Labute approximate surface area is 487 Å². The molecular formula is C71H137NO6. The number of unbranched alkanes of at least 4 members (excludes halogenated alkanes) is 49. The molecule has 1 amide bonds. The van der Waals surface area contributed by atoms with Gasteiger partial charge in [-0.05, 0) is 57.8 Å². The Balaban J connectivity index is 3.38. The highest BCUT2D eigenvalue weighted by atomic mass is 16.5. The van der Waals surface area contributed by atoms with Crippen LogP contribution in [0, 0.1) is 0 Å². The highest BCUT2D eigenvalue weighted by Gasteiger charge is 2.17. The molecular weight excluding hydrogens is 963 g/mol.